The van der Waals surface area contributed by atoms with Crippen molar-refractivity contribution in [1.82, 2.24) is 4.90 Å². The van der Waals surface area contributed by atoms with E-state index in [0.29, 0.717) is 29.2 Å². The number of carbonyl (C=O) groups excluding carboxylic acids is 2. The minimum atomic E-state index is -0.349. The molecule has 1 atom stereocenters. The number of likely N-dealkylation sites (tertiary alicyclic amines) is 1. The predicted octanol–water partition coefficient (Wildman–Crippen LogP) is 3.94. The van der Waals surface area contributed by atoms with Crippen LogP contribution < -0.4 is 15.4 Å². The Morgan fingerprint density at radius 2 is 1.94 bits per heavy atom. The standard InChI is InChI=1S/C24H28N4O3S/c1-31-17-11-9-16(10-12-17)26-23(30)20-7-5-13-28(20)15-22(29)27-24-19(14-25)18-6-3-2-4-8-21(18)32-24/h9-12,20H,2-8,13,15H2,1H3,(H,26,30)(H,27,29). The van der Waals surface area contributed by atoms with Crippen LogP contribution in [0.5, 0.6) is 5.75 Å². The first-order chi connectivity index (χ1) is 15.6. The summed E-state index contributed by atoms with van der Waals surface area (Å²) in [6, 6.07) is 9.14. The van der Waals surface area contributed by atoms with Crippen molar-refractivity contribution in [3.63, 3.8) is 0 Å². The summed E-state index contributed by atoms with van der Waals surface area (Å²) in [6.45, 7) is 0.828. The molecular weight excluding hydrogens is 424 g/mol. The topological polar surface area (TPSA) is 94.5 Å². The van der Waals surface area contributed by atoms with E-state index in [9.17, 15) is 14.9 Å². The molecule has 2 aromatic rings. The highest BCUT2D eigenvalue weighted by Crippen LogP contribution is 2.37. The van der Waals surface area contributed by atoms with E-state index in [4.69, 9.17) is 4.74 Å². The van der Waals surface area contributed by atoms with E-state index in [1.807, 2.05) is 4.90 Å². The molecule has 1 aromatic carbocycles. The van der Waals surface area contributed by atoms with E-state index in [2.05, 4.69) is 16.7 Å². The largest absolute Gasteiger partial charge is 0.497 e. The van der Waals surface area contributed by atoms with Gasteiger partial charge < -0.3 is 15.4 Å². The van der Waals surface area contributed by atoms with Gasteiger partial charge in [0.2, 0.25) is 11.8 Å². The number of hydrogen-bond donors (Lipinski definition) is 2. The number of anilines is 2. The molecule has 2 N–H and O–H groups in total. The van der Waals surface area contributed by atoms with Crippen LogP contribution in [0.25, 0.3) is 0 Å². The Morgan fingerprint density at radius 1 is 1.16 bits per heavy atom. The summed E-state index contributed by atoms with van der Waals surface area (Å²) in [4.78, 5) is 28.8. The van der Waals surface area contributed by atoms with E-state index in [1.54, 1.807) is 31.4 Å². The highest BCUT2D eigenvalue weighted by Gasteiger charge is 2.32. The first-order valence-electron chi connectivity index (χ1n) is 11.1. The maximum atomic E-state index is 12.8. The molecule has 1 aromatic heterocycles. The third-order valence-electron chi connectivity index (χ3n) is 6.16. The second-order valence-corrected chi connectivity index (χ2v) is 9.38. The van der Waals surface area contributed by atoms with Gasteiger partial charge in [0.25, 0.3) is 0 Å². The number of hydrogen-bond acceptors (Lipinski definition) is 6. The van der Waals surface area contributed by atoms with Crippen molar-refractivity contribution in [2.45, 2.75) is 51.0 Å². The molecule has 1 aliphatic carbocycles. The van der Waals surface area contributed by atoms with Crippen LogP contribution in [0.15, 0.2) is 24.3 Å². The average Bonchev–Trinajstić information content (AvgIpc) is 3.30. The number of nitrogens with zero attached hydrogens (tertiary/aromatic N) is 2. The molecule has 4 rings (SSSR count). The molecular formula is C24H28N4O3S. The minimum absolute atomic E-state index is 0.110. The Kier molecular flexibility index (Phi) is 7.08. The lowest BCUT2D eigenvalue weighted by Gasteiger charge is -2.23. The molecule has 0 bridgehead atoms. The van der Waals surface area contributed by atoms with Crippen LogP contribution in [0.1, 0.15) is 48.1 Å². The fourth-order valence-electron chi connectivity index (χ4n) is 4.51. The van der Waals surface area contributed by atoms with Crippen molar-refractivity contribution in [3.8, 4) is 11.8 Å². The minimum Gasteiger partial charge on any atom is -0.497 e. The van der Waals surface area contributed by atoms with E-state index >= 15 is 0 Å². The molecule has 2 aliphatic rings. The van der Waals surface area contributed by atoms with Crippen LogP contribution in [0.4, 0.5) is 10.7 Å². The molecule has 1 saturated heterocycles. The van der Waals surface area contributed by atoms with Crippen molar-refractivity contribution in [2.75, 3.05) is 30.8 Å². The summed E-state index contributed by atoms with van der Waals surface area (Å²) in [6.07, 6.45) is 6.86. The number of fused-ring (bicyclic) bond motifs is 1. The van der Waals surface area contributed by atoms with Gasteiger partial charge in [-0.1, -0.05) is 6.42 Å². The van der Waals surface area contributed by atoms with Crippen LogP contribution in [0, 0.1) is 11.3 Å². The third kappa shape index (κ3) is 4.95. The van der Waals surface area contributed by atoms with Crippen molar-refractivity contribution in [1.29, 1.82) is 5.26 Å². The van der Waals surface area contributed by atoms with E-state index in [-0.39, 0.29) is 24.4 Å². The van der Waals surface area contributed by atoms with Gasteiger partial charge in [-0.15, -0.1) is 11.3 Å². The molecule has 1 unspecified atom stereocenters. The van der Waals surface area contributed by atoms with Gasteiger partial charge in [-0.05, 0) is 74.9 Å². The normalized spacial score (nSPS) is 18.3. The molecule has 7 nitrogen and oxygen atoms in total. The lowest BCUT2D eigenvalue weighted by atomic mass is 10.1. The SMILES string of the molecule is COc1ccc(NC(=O)C2CCCN2CC(=O)Nc2sc3c(c2C#N)CCCCC3)cc1. The van der Waals surface area contributed by atoms with Crippen LogP contribution in [-0.4, -0.2) is 43.0 Å². The summed E-state index contributed by atoms with van der Waals surface area (Å²) in [5.41, 5.74) is 2.43. The quantitative estimate of drug-likeness (QED) is 0.648. The molecule has 1 aliphatic heterocycles. The van der Waals surface area contributed by atoms with Gasteiger partial charge in [0.1, 0.15) is 16.8 Å². The van der Waals surface area contributed by atoms with E-state index < -0.39 is 0 Å². The Bertz CT molecular complexity index is 1030. The molecule has 8 heteroatoms. The average molecular weight is 453 g/mol. The molecule has 0 saturated carbocycles. The van der Waals surface area contributed by atoms with Crippen molar-refractivity contribution in [2.24, 2.45) is 0 Å². The number of aryl methyl sites for hydroxylation is 1. The molecule has 1 fully saturated rings. The third-order valence-corrected chi connectivity index (χ3v) is 7.36. The Morgan fingerprint density at radius 3 is 2.69 bits per heavy atom. The molecule has 2 heterocycles. The first kappa shape index (κ1) is 22.3. The number of nitrogens with one attached hydrogen (secondary N) is 2. The molecule has 0 spiro atoms. The number of rotatable bonds is 6. The van der Waals surface area contributed by atoms with Gasteiger partial charge in [-0.25, -0.2) is 0 Å². The van der Waals surface area contributed by atoms with Crippen molar-refractivity contribution >= 4 is 33.8 Å². The zero-order valence-electron chi connectivity index (χ0n) is 18.3. The maximum absolute atomic E-state index is 12.8. The van der Waals surface area contributed by atoms with Crippen molar-refractivity contribution in [3.05, 3.63) is 40.3 Å². The maximum Gasteiger partial charge on any atom is 0.241 e. The second kappa shape index (κ2) is 10.2. The van der Waals surface area contributed by atoms with Crippen molar-refractivity contribution < 1.29 is 14.3 Å². The van der Waals surface area contributed by atoms with E-state index in [1.165, 1.54) is 22.6 Å². The first-order valence-corrected chi connectivity index (χ1v) is 11.9. The van der Waals surface area contributed by atoms with Crippen LogP contribution in [0.2, 0.25) is 0 Å². The number of ether oxygens (including phenoxy) is 1. The number of amides is 2. The summed E-state index contributed by atoms with van der Waals surface area (Å²) in [5.74, 6) is 0.438. The number of benzene rings is 1. The number of carbonyl (C=O) groups is 2. The van der Waals surface area contributed by atoms with Gasteiger partial charge in [-0.3, -0.25) is 14.5 Å². The summed E-state index contributed by atoms with van der Waals surface area (Å²) < 4.78 is 5.15. The summed E-state index contributed by atoms with van der Waals surface area (Å²) in [7, 11) is 1.60. The van der Waals surface area contributed by atoms with Crippen LogP contribution in [-0.2, 0) is 22.4 Å². The Labute approximate surface area is 192 Å². The van der Waals surface area contributed by atoms with Crippen LogP contribution in [0.3, 0.4) is 0 Å². The highest BCUT2D eigenvalue weighted by molar-refractivity contribution is 7.16. The lowest BCUT2D eigenvalue weighted by molar-refractivity contribution is -0.122. The summed E-state index contributed by atoms with van der Waals surface area (Å²) in [5, 5.41) is 16.2. The van der Waals surface area contributed by atoms with Gasteiger partial charge in [0, 0.05) is 10.6 Å². The van der Waals surface area contributed by atoms with E-state index in [0.717, 1.165) is 43.4 Å². The lowest BCUT2D eigenvalue weighted by Crippen LogP contribution is -2.43. The highest BCUT2D eigenvalue weighted by atomic mass is 32.1. The van der Waals surface area contributed by atoms with Gasteiger partial charge in [0.15, 0.2) is 0 Å². The number of methoxy groups -OCH3 is 1. The molecule has 0 radical (unpaired) electrons. The zero-order valence-corrected chi connectivity index (χ0v) is 19.1. The smallest absolute Gasteiger partial charge is 0.241 e. The number of nitriles is 1. The summed E-state index contributed by atoms with van der Waals surface area (Å²) >= 11 is 1.54. The molecule has 2 amide bonds. The Balaban J connectivity index is 1.38. The monoisotopic (exact) mass is 452 g/mol. The van der Waals surface area contributed by atoms with Gasteiger partial charge in [-0.2, -0.15) is 5.26 Å². The van der Waals surface area contributed by atoms with Crippen LogP contribution >= 0.6 is 11.3 Å². The molecule has 32 heavy (non-hydrogen) atoms. The Hall–Kier alpha value is -2.89. The predicted molar refractivity (Wildman–Crippen MR) is 125 cm³/mol. The fourth-order valence-corrected chi connectivity index (χ4v) is 5.77. The number of thiophene rings is 1. The molecule has 168 valence electrons. The zero-order chi connectivity index (χ0) is 22.5. The van der Waals surface area contributed by atoms with Gasteiger partial charge >= 0.3 is 0 Å². The fraction of sp³-hybridized carbons (Fsp3) is 0.458. The van der Waals surface area contributed by atoms with Gasteiger partial charge in [0.05, 0.1) is 25.3 Å². The second-order valence-electron chi connectivity index (χ2n) is 8.27.